The van der Waals surface area contributed by atoms with E-state index >= 15 is 0 Å². The van der Waals surface area contributed by atoms with E-state index in [4.69, 9.17) is 4.74 Å². The van der Waals surface area contributed by atoms with Gasteiger partial charge in [-0.1, -0.05) is 61.2 Å². The van der Waals surface area contributed by atoms with Crippen LogP contribution in [0.4, 0.5) is 0 Å². The highest BCUT2D eigenvalue weighted by Crippen LogP contribution is 2.55. The molecule has 1 aliphatic carbocycles. The molecule has 0 spiro atoms. The third kappa shape index (κ3) is 2.55. The highest BCUT2D eigenvalue weighted by Gasteiger charge is 2.51. The maximum atomic E-state index is 5.19. The van der Waals surface area contributed by atoms with Crippen molar-refractivity contribution < 1.29 is 4.74 Å². The summed E-state index contributed by atoms with van der Waals surface area (Å²) in [7, 11) is 1.68. The first kappa shape index (κ1) is 14.8. The topological polar surface area (TPSA) is 9.23 Å². The quantitative estimate of drug-likeness (QED) is 0.593. The first-order valence-corrected chi connectivity index (χ1v) is 8.34. The second-order valence-corrected chi connectivity index (χ2v) is 6.70. The van der Waals surface area contributed by atoms with Gasteiger partial charge < -0.3 is 4.74 Å². The van der Waals surface area contributed by atoms with Gasteiger partial charge in [-0.3, -0.25) is 0 Å². The lowest BCUT2D eigenvalue weighted by Gasteiger charge is -2.13. The Balaban J connectivity index is 1.61. The number of fused-ring (bicyclic) bond motifs is 1. The average molecular weight is 312 g/mol. The molecule has 1 nitrogen and oxygen atoms in total. The molecule has 0 aromatic heterocycles. The van der Waals surface area contributed by atoms with E-state index < -0.39 is 0 Å². The number of methoxy groups -OCH3 is 1. The summed E-state index contributed by atoms with van der Waals surface area (Å²) < 4.78 is 5.19. The third-order valence-electron chi connectivity index (χ3n) is 5.12. The van der Waals surface area contributed by atoms with Gasteiger partial charge in [-0.25, -0.2) is 0 Å². The van der Waals surface area contributed by atoms with Crippen LogP contribution in [-0.4, -0.2) is 7.11 Å². The van der Waals surface area contributed by atoms with Crippen LogP contribution in [0.25, 0.3) is 10.8 Å². The van der Waals surface area contributed by atoms with Crippen LogP contribution in [0.1, 0.15) is 24.5 Å². The van der Waals surface area contributed by atoms with Crippen LogP contribution in [-0.2, 0) is 5.41 Å². The molecule has 0 saturated heterocycles. The van der Waals surface area contributed by atoms with Gasteiger partial charge in [0, 0.05) is 16.9 Å². The van der Waals surface area contributed by atoms with Gasteiger partial charge in [-0.2, -0.15) is 0 Å². The van der Waals surface area contributed by atoms with Crippen LogP contribution in [0.2, 0.25) is 0 Å². The molecule has 118 valence electrons. The Bertz CT molecular complexity index is 938. The Hall–Kier alpha value is -2.72. The largest absolute Gasteiger partial charge is 0.497 e. The fraction of sp³-hybridized carbons (Fsp3) is 0.217. The molecule has 24 heavy (non-hydrogen) atoms. The summed E-state index contributed by atoms with van der Waals surface area (Å²) in [4.78, 5) is 0. The lowest BCUT2D eigenvalue weighted by atomic mass is 9.90. The van der Waals surface area contributed by atoms with Crippen LogP contribution < -0.4 is 4.74 Å². The number of benzene rings is 3. The molecule has 1 aliphatic rings. The number of hydrogen-bond acceptors (Lipinski definition) is 1. The first-order valence-electron chi connectivity index (χ1n) is 8.34. The number of hydrogen-bond donors (Lipinski definition) is 0. The van der Waals surface area contributed by atoms with Gasteiger partial charge in [-0.15, -0.1) is 0 Å². The summed E-state index contributed by atoms with van der Waals surface area (Å²) in [6, 6.07) is 23.2. The monoisotopic (exact) mass is 312 g/mol. The molecule has 4 rings (SSSR count). The molecule has 1 fully saturated rings. The number of ether oxygens (including phenoxy) is 1. The van der Waals surface area contributed by atoms with E-state index in [-0.39, 0.29) is 5.41 Å². The van der Waals surface area contributed by atoms with Crippen molar-refractivity contribution >= 4 is 10.8 Å². The maximum Gasteiger partial charge on any atom is 0.118 e. The predicted octanol–water partition coefficient (Wildman–Crippen LogP) is 5.18. The normalized spacial score (nSPS) is 21.8. The van der Waals surface area contributed by atoms with Crippen molar-refractivity contribution in [1.29, 1.82) is 0 Å². The molecule has 0 radical (unpaired) electrons. The molecule has 0 bridgehead atoms. The fourth-order valence-electron chi connectivity index (χ4n) is 3.44. The Morgan fingerprint density at radius 3 is 2.50 bits per heavy atom. The molecule has 0 heterocycles. The summed E-state index contributed by atoms with van der Waals surface area (Å²) in [5.74, 6) is 8.09. The van der Waals surface area contributed by atoms with Gasteiger partial charge in [-0.05, 0) is 47.0 Å². The van der Waals surface area contributed by atoms with Gasteiger partial charge in [0.2, 0.25) is 0 Å². The van der Waals surface area contributed by atoms with Crippen LogP contribution in [0.3, 0.4) is 0 Å². The minimum Gasteiger partial charge on any atom is -0.497 e. The molecular formula is C23H20O. The predicted molar refractivity (Wildman–Crippen MR) is 99.3 cm³/mol. The Kier molecular flexibility index (Phi) is 3.54. The van der Waals surface area contributed by atoms with Crippen LogP contribution in [0.15, 0.2) is 66.7 Å². The van der Waals surface area contributed by atoms with Gasteiger partial charge in [0.25, 0.3) is 0 Å². The Labute approximate surface area is 143 Å². The van der Waals surface area contributed by atoms with E-state index in [1.54, 1.807) is 7.11 Å². The minimum atomic E-state index is 0.167. The fourth-order valence-corrected chi connectivity index (χ4v) is 3.44. The lowest BCUT2D eigenvalue weighted by Crippen LogP contribution is -2.04. The summed E-state index contributed by atoms with van der Waals surface area (Å²) in [5, 5.41) is 2.67. The van der Waals surface area contributed by atoms with Crippen LogP contribution in [0, 0.1) is 17.8 Å². The number of rotatable bonds is 2. The second-order valence-electron chi connectivity index (χ2n) is 6.70. The molecule has 0 aliphatic heterocycles. The second kappa shape index (κ2) is 5.73. The van der Waals surface area contributed by atoms with E-state index in [1.807, 2.05) is 24.3 Å². The summed E-state index contributed by atoms with van der Waals surface area (Å²) >= 11 is 0. The summed E-state index contributed by atoms with van der Waals surface area (Å²) in [5.41, 5.74) is 2.64. The van der Waals surface area contributed by atoms with E-state index in [0.29, 0.717) is 5.92 Å². The van der Waals surface area contributed by atoms with E-state index in [9.17, 15) is 0 Å². The van der Waals surface area contributed by atoms with Crippen LogP contribution >= 0.6 is 0 Å². The van der Waals surface area contributed by atoms with Crippen LogP contribution in [0.5, 0.6) is 5.75 Å². The van der Waals surface area contributed by atoms with Gasteiger partial charge in [0.1, 0.15) is 5.75 Å². The zero-order valence-electron chi connectivity index (χ0n) is 14.0. The SMILES string of the molecule is COc1ccc(C#C[C@@H]2C[C@@]2(C)c2cccc3ccccc23)cc1. The molecule has 1 heteroatoms. The minimum absolute atomic E-state index is 0.167. The zero-order valence-corrected chi connectivity index (χ0v) is 14.0. The van der Waals surface area contributed by atoms with Crippen molar-refractivity contribution in [1.82, 2.24) is 0 Å². The van der Waals surface area contributed by atoms with Gasteiger partial charge >= 0.3 is 0 Å². The van der Waals surface area contributed by atoms with Crippen molar-refractivity contribution in [2.24, 2.45) is 5.92 Å². The van der Waals surface area contributed by atoms with Crippen molar-refractivity contribution in [3.8, 4) is 17.6 Å². The van der Waals surface area contributed by atoms with Crippen molar-refractivity contribution in [3.05, 3.63) is 77.9 Å². The highest BCUT2D eigenvalue weighted by atomic mass is 16.5. The van der Waals surface area contributed by atoms with Crippen molar-refractivity contribution in [2.75, 3.05) is 7.11 Å². The lowest BCUT2D eigenvalue weighted by molar-refractivity contribution is 0.415. The molecule has 0 unspecified atom stereocenters. The average Bonchev–Trinajstić information content (AvgIpc) is 3.31. The molecule has 0 amide bonds. The highest BCUT2D eigenvalue weighted by molar-refractivity contribution is 5.87. The molecular weight excluding hydrogens is 292 g/mol. The smallest absolute Gasteiger partial charge is 0.118 e. The Morgan fingerprint density at radius 1 is 0.958 bits per heavy atom. The maximum absolute atomic E-state index is 5.19. The first-order chi connectivity index (χ1) is 11.7. The third-order valence-corrected chi connectivity index (χ3v) is 5.12. The van der Waals surface area contributed by atoms with E-state index in [2.05, 4.69) is 61.2 Å². The molecule has 2 atom stereocenters. The molecule has 3 aromatic rings. The van der Waals surface area contributed by atoms with E-state index in [1.165, 1.54) is 16.3 Å². The summed E-state index contributed by atoms with van der Waals surface area (Å²) in [6.07, 6.45) is 1.13. The van der Waals surface area contributed by atoms with Crippen molar-refractivity contribution in [3.63, 3.8) is 0 Å². The van der Waals surface area contributed by atoms with Gasteiger partial charge in [0.05, 0.1) is 7.11 Å². The molecule has 0 N–H and O–H groups in total. The van der Waals surface area contributed by atoms with Gasteiger partial charge in [0.15, 0.2) is 0 Å². The molecule has 1 saturated carbocycles. The molecule has 3 aromatic carbocycles. The van der Waals surface area contributed by atoms with Crippen molar-refractivity contribution in [2.45, 2.75) is 18.8 Å². The standard InChI is InChI=1S/C23H20O/c1-23(22-9-5-7-18-6-3-4-8-21(18)22)16-19(23)13-10-17-11-14-20(24-2)15-12-17/h3-9,11-12,14-15,19H,16H2,1-2H3/t19-,23-/m1/s1. The van der Waals surface area contributed by atoms with E-state index in [0.717, 1.165) is 17.7 Å². The summed E-state index contributed by atoms with van der Waals surface area (Å²) in [6.45, 7) is 2.34. The zero-order chi connectivity index (χ0) is 16.6. The Morgan fingerprint density at radius 2 is 1.71 bits per heavy atom.